The number of carbonyl (C=O) groups is 2. The number of para-hydroxylation sites is 1. The number of benzene rings is 3. The van der Waals surface area contributed by atoms with Gasteiger partial charge in [0.15, 0.2) is 22.4 Å². The fourth-order valence-corrected chi connectivity index (χ4v) is 5.17. The molecule has 2 amide bonds. The first-order valence-electron chi connectivity index (χ1n) is 11.6. The van der Waals surface area contributed by atoms with Crippen LogP contribution in [0.2, 0.25) is 5.02 Å². The second kappa shape index (κ2) is 11.8. The highest BCUT2D eigenvalue weighted by Crippen LogP contribution is 2.38. The summed E-state index contributed by atoms with van der Waals surface area (Å²) in [4.78, 5) is 27.7. The molecule has 190 valence electrons. The van der Waals surface area contributed by atoms with E-state index < -0.39 is 0 Å². The first-order valence-corrected chi connectivity index (χ1v) is 13.2. The van der Waals surface area contributed by atoms with E-state index in [9.17, 15) is 9.59 Å². The molecule has 1 N–H and O–H groups in total. The zero-order valence-electron chi connectivity index (χ0n) is 20.5. The predicted molar refractivity (Wildman–Crippen MR) is 155 cm³/mol. The van der Waals surface area contributed by atoms with Crippen LogP contribution < -0.4 is 19.7 Å². The SMILES string of the molecule is CCOc1cc(/C=C2\SC(=S)N(c3ccccc3C)C2=O)ccc1OCC(=O)Nc1cccc(Cl)c1C. The van der Waals surface area contributed by atoms with Crippen molar-refractivity contribution in [2.24, 2.45) is 0 Å². The number of hydrogen-bond acceptors (Lipinski definition) is 6. The number of halogens is 1. The van der Waals surface area contributed by atoms with Crippen LogP contribution in [0, 0.1) is 13.8 Å². The molecule has 0 aromatic heterocycles. The lowest BCUT2D eigenvalue weighted by Gasteiger charge is -2.16. The molecule has 0 aliphatic carbocycles. The minimum absolute atomic E-state index is 0.171. The molecule has 0 saturated carbocycles. The van der Waals surface area contributed by atoms with Gasteiger partial charge >= 0.3 is 0 Å². The lowest BCUT2D eigenvalue weighted by Crippen LogP contribution is -2.28. The molecule has 0 unspecified atom stereocenters. The number of amides is 2. The van der Waals surface area contributed by atoms with Gasteiger partial charge in [-0.3, -0.25) is 14.5 Å². The van der Waals surface area contributed by atoms with Crippen molar-refractivity contribution in [1.82, 2.24) is 0 Å². The van der Waals surface area contributed by atoms with Crippen molar-refractivity contribution < 1.29 is 19.1 Å². The highest BCUT2D eigenvalue weighted by atomic mass is 35.5. The van der Waals surface area contributed by atoms with Crippen LogP contribution in [0.15, 0.2) is 65.6 Å². The van der Waals surface area contributed by atoms with E-state index in [1.165, 1.54) is 11.8 Å². The standard InChI is InChI=1S/C28H25ClN2O4S2/c1-4-34-24-14-19(15-25-27(33)31(28(36)37-25)22-11-6-5-8-17(22)2)12-13-23(24)35-16-26(32)30-21-10-7-9-20(29)18(21)3/h5-15H,4,16H2,1-3H3,(H,30,32)/b25-15-. The molecule has 1 heterocycles. The van der Waals surface area contributed by atoms with Crippen molar-refractivity contribution in [3.63, 3.8) is 0 Å². The molecular weight excluding hydrogens is 528 g/mol. The second-order valence-corrected chi connectivity index (χ2v) is 10.3. The number of hydrogen-bond donors (Lipinski definition) is 1. The van der Waals surface area contributed by atoms with E-state index in [-0.39, 0.29) is 18.4 Å². The maximum atomic E-state index is 13.2. The molecular formula is C28H25ClN2O4S2. The average Bonchev–Trinajstić information content (AvgIpc) is 3.14. The van der Waals surface area contributed by atoms with Crippen LogP contribution in [0.1, 0.15) is 23.6 Å². The number of nitrogens with zero attached hydrogens (tertiary/aromatic N) is 1. The molecule has 3 aromatic rings. The number of aryl methyl sites for hydroxylation is 1. The van der Waals surface area contributed by atoms with E-state index in [1.54, 1.807) is 47.4 Å². The Balaban J connectivity index is 1.49. The number of thioether (sulfide) groups is 1. The van der Waals surface area contributed by atoms with Gasteiger partial charge in [-0.1, -0.05) is 65.9 Å². The lowest BCUT2D eigenvalue weighted by atomic mass is 10.1. The maximum Gasteiger partial charge on any atom is 0.270 e. The number of anilines is 2. The first kappa shape index (κ1) is 26.7. The van der Waals surface area contributed by atoms with Crippen LogP contribution in [0.4, 0.5) is 11.4 Å². The van der Waals surface area contributed by atoms with Crippen molar-refractivity contribution in [2.75, 3.05) is 23.4 Å². The van der Waals surface area contributed by atoms with Gasteiger partial charge in [0, 0.05) is 10.7 Å². The van der Waals surface area contributed by atoms with E-state index in [0.717, 1.165) is 22.4 Å². The summed E-state index contributed by atoms with van der Waals surface area (Å²) >= 11 is 12.9. The molecule has 6 nitrogen and oxygen atoms in total. The topological polar surface area (TPSA) is 67.9 Å². The number of carbonyl (C=O) groups excluding carboxylic acids is 2. The summed E-state index contributed by atoms with van der Waals surface area (Å²) in [5.74, 6) is 0.397. The van der Waals surface area contributed by atoms with E-state index in [1.807, 2.05) is 45.0 Å². The van der Waals surface area contributed by atoms with Crippen molar-refractivity contribution in [1.29, 1.82) is 0 Å². The lowest BCUT2D eigenvalue weighted by molar-refractivity contribution is -0.118. The molecule has 1 aliphatic rings. The largest absolute Gasteiger partial charge is 0.490 e. The molecule has 37 heavy (non-hydrogen) atoms. The molecule has 9 heteroatoms. The summed E-state index contributed by atoms with van der Waals surface area (Å²) in [6.45, 7) is 5.84. The Morgan fingerprint density at radius 3 is 2.62 bits per heavy atom. The maximum absolute atomic E-state index is 13.2. The Morgan fingerprint density at radius 2 is 1.86 bits per heavy atom. The van der Waals surface area contributed by atoms with Gasteiger partial charge < -0.3 is 14.8 Å². The Labute approximate surface area is 230 Å². The molecule has 1 saturated heterocycles. The highest BCUT2D eigenvalue weighted by Gasteiger charge is 2.34. The minimum atomic E-state index is -0.322. The molecule has 0 spiro atoms. The number of ether oxygens (including phenoxy) is 2. The summed E-state index contributed by atoms with van der Waals surface area (Å²) in [7, 11) is 0. The van der Waals surface area contributed by atoms with Gasteiger partial charge in [-0.05, 0) is 73.9 Å². The zero-order valence-corrected chi connectivity index (χ0v) is 22.9. The summed E-state index contributed by atoms with van der Waals surface area (Å²) in [6, 6.07) is 18.2. The Hall–Kier alpha value is -3.33. The number of thiocarbonyl (C=S) groups is 1. The van der Waals surface area contributed by atoms with Crippen LogP contribution >= 0.6 is 35.6 Å². The van der Waals surface area contributed by atoms with E-state index in [2.05, 4.69) is 5.32 Å². The third kappa shape index (κ3) is 6.15. The molecule has 4 rings (SSSR count). The van der Waals surface area contributed by atoms with Crippen LogP contribution in [0.3, 0.4) is 0 Å². The van der Waals surface area contributed by atoms with Crippen molar-refractivity contribution in [3.8, 4) is 11.5 Å². The average molecular weight is 553 g/mol. The van der Waals surface area contributed by atoms with Gasteiger partial charge in [-0.15, -0.1) is 0 Å². The van der Waals surface area contributed by atoms with Crippen LogP contribution in [0.25, 0.3) is 6.08 Å². The molecule has 3 aromatic carbocycles. The van der Waals surface area contributed by atoms with Gasteiger partial charge in [0.05, 0.1) is 17.2 Å². The summed E-state index contributed by atoms with van der Waals surface area (Å²) < 4.78 is 12.0. The highest BCUT2D eigenvalue weighted by molar-refractivity contribution is 8.27. The van der Waals surface area contributed by atoms with Crippen LogP contribution in [-0.2, 0) is 9.59 Å². The Kier molecular flexibility index (Phi) is 8.53. The van der Waals surface area contributed by atoms with E-state index in [0.29, 0.717) is 38.0 Å². The quantitative estimate of drug-likeness (QED) is 0.245. The summed E-state index contributed by atoms with van der Waals surface area (Å²) in [5.41, 5.74) is 3.91. The Morgan fingerprint density at radius 1 is 1.08 bits per heavy atom. The van der Waals surface area contributed by atoms with Crippen molar-refractivity contribution in [2.45, 2.75) is 20.8 Å². The van der Waals surface area contributed by atoms with Gasteiger partial charge in [-0.2, -0.15) is 0 Å². The predicted octanol–water partition coefficient (Wildman–Crippen LogP) is 6.78. The minimum Gasteiger partial charge on any atom is -0.490 e. The first-order chi connectivity index (χ1) is 17.8. The molecule has 0 radical (unpaired) electrons. The third-order valence-corrected chi connectivity index (χ3v) is 7.33. The fraction of sp³-hybridized carbons (Fsp3) is 0.179. The molecule has 1 aliphatic heterocycles. The zero-order chi connectivity index (χ0) is 26.5. The fourth-order valence-electron chi connectivity index (χ4n) is 3.72. The molecule has 0 atom stereocenters. The van der Waals surface area contributed by atoms with Crippen molar-refractivity contribution >= 4 is 69.2 Å². The van der Waals surface area contributed by atoms with Gasteiger partial charge in [0.25, 0.3) is 11.8 Å². The normalized spacial score (nSPS) is 14.3. The summed E-state index contributed by atoms with van der Waals surface area (Å²) in [5, 5.41) is 3.38. The van der Waals surface area contributed by atoms with Gasteiger partial charge in [0.1, 0.15) is 0 Å². The van der Waals surface area contributed by atoms with Gasteiger partial charge in [0.2, 0.25) is 0 Å². The smallest absolute Gasteiger partial charge is 0.270 e. The second-order valence-electron chi connectivity index (χ2n) is 8.19. The van der Waals surface area contributed by atoms with Gasteiger partial charge in [-0.25, -0.2) is 0 Å². The number of rotatable bonds is 8. The van der Waals surface area contributed by atoms with Crippen molar-refractivity contribution in [3.05, 3.63) is 87.3 Å². The summed E-state index contributed by atoms with van der Waals surface area (Å²) in [6.07, 6.45) is 1.78. The molecule has 0 bridgehead atoms. The van der Waals surface area contributed by atoms with Crippen LogP contribution in [0.5, 0.6) is 11.5 Å². The monoisotopic (exact) mass is 552 g/mol. The number of nitrogens with one attached hydrogen (secondary N) is 1. The van der Waals surface area contributed by atoms with E-state index >= 15 is 0 Å². The third-order valence-electron chi connectivity index (χ3n) is 5.62. The Bertz CT molecular complexity index is 1410. The van der Waals surface area contributed by atoms with Crippen LogP contribution in [-0.4, -0.2) is 29.3 Å². The van der Waals surface area contributed by atoms with E-state index in [4.69, 9.17) is 33.3 Å². The molecule has 1 fully saturated rings.